The largest absolute Gasteiger partial charge is 0.490 e. The smallest absolute Gasteiger partial charge is 0.270 e. The van der Waals surface area contributed by atoms with Gasteiger partial charge in [-0.15, -0.1) is 0 Å². The van der Waals surface area contributed by atoms with Gasteiger partial charge in [0.15, 0.2) is 15.8 Å². The zero-order valence-corrected chi connectivity index (χ0v) is 19.1. The molecule has 0 aromatic heterocycles. The van der Waals surface area contributed by atoms with Gasteiger partial charge in [0.05, 0.1) is 28.3 Å². The molecule has 2 aromatic carbocycles. The molecule has 0 radical (unpaired) electrons. The standard InChI is InChI=1S/C21H19BrFNO3S2/c1-3-9-27-19-14(22)10-13(11-17(19)26-4-2)12-18-20(25)24(21(28)29-18)16-8-6-5-7-15(16)23/h5-8,10-12H,3-4,9H2,1-2H3/b18-12+. The number of hydrogen-bond acceptors (Lipinski definition) is 5. The molecule has 3 rings (SSSR count). The lowest BCUT2D eigenvalue weighted by atomic mass is 10.1. The molecule has 1 aliphatic heterocycles. The highest BCUT2D eigenvalue weighted by molar-refractivity contribution is 9.10. The van der Waals surface area contributed by atoms with Gasteiger partial charge in [0.2, 0.25) is 0 Å². The lowest BCUT2D eigenvalue weighted by molar-refractivity contribution is -0.113. The molecule has 0 N–H and O–H groups in total. The topological polar surface area (TPSA) is 38.8 Å². The van der Waals surface area contributed by atoms with Crippen molar-refractivity contribution in [2.45, 2.75) is 20.3 Å². The Bertz CT molecular complexity index is 980. The number of anilines is 1. The van der Waals surface area contributed by atoms with Gasteiger partial charge in [-0.1, -0.05) is 43.0 Å². The molecule has 4 nitrogen and oxygen atoms in total. The minimum Gasteiger partial charge on any atom is -0.490 e. The van der Waals surface area contributed by atoms with Crippen LogP contribution in [0.4, 0.5) is 10.1 Å². The highest BCUT2D eigenvalue weighted by Crippen LogP contribution is 2.40. The summed E-state index contributed by atoms with van der Waals surface area (Å²) in [5, 5.41) is 0. The van der Waals surface area contributed by atoms with E-state index < -0.39 is 5.82 Å². The fraction of sp³-hybridized carbons (Fsp3) is 0.238. The Labute approximate surface area is 187 Å². The number of rotatable bonds is 7. The molecule has 1 fully saturated rings. The van der Waals surface area contributed by atoms with E-state index in [0.717, 1.165) is 28.2 Å². The quantitative estimate of drug-likeness (QED) is 0.338. The second kappa shape index (κ2) is 9.73. The zero-order chi connectivity index (χ0) is 21.0. The maximum Gasteiger partial charge on any atom is 0.270 e. The van der Waals surface area contributed by atoms with Gasteiger partial charge in [-0.25, -0.2) is 4.39 Å². The van der Waals surface area contributed by atoms with Gasteiger partial charge in [-0.2, -0.15) is 0 Å². The number of carbonyl (C=O) groups is 1. The van der Waals surface area contributed by atoms with Crippen molar-refractivity contribution < 1.29 is 18.7 Å². The Morgan fingerprint density at radius 3 is 2.69 bits per heavy atom. The Morgan fingerprint density at radius 1 is 1.24 bits per heavy atom. The summed E-state index contributed by atoms with van der Waals surface area (Å²) in [5.41, 5.74) is 0.899. The van der Waals surface area contributed by atoms with E-state index in [4.69, 9.17) is 21.7 Å². The van der Waals surface area contributed by atoms with E-state index in [1.807, 2.05) is 26.0 Å². The first-order chi connectivity index (χ1) is 14.0. The van der Waals surface area contributed by atoms with Crippen molar-refractivity contribution in [3.63, 3.8) is 0 Å². The van der Waals surface area contributed by atoms with E-state index in [1.54, 1.807) is 18.2 Å². The maximum atomic E-state index is 14.2. The van der Waals surface area contributed by atoms with Crippen LogP contribution in [0.1, 0.15) is 25.8 Å². The van der Waals surface area contributed by atoms with Crippen LogP contribution >= 0.6 is 39.9 Å². The van der Waals surface area contributed by atoms with Crippen LogP contribution < -0.4 is 14.4 Å². The Morgan fingerprint density at radius 2 is 2.00 bits per heavy atom. The number of benzene rings is 2. The van der Waals surface area contributed by atoms with Crippen LogP contribution in [-0.2, 0) is 4.79 Å². The summed E-state index contributed by atoms with van der Waals surface area (Å²) in [5.74, 6) is 0.366. The molecule has 0 bridgehead atoms. The molecule has 2 aromatic rings. The second-order valence-corrected chi connectivity index (χ2v) is 8.61. The lowest BCUT2D eigenvalue weighted by Gasteiger charge is -2.15. The number of hydrogen-bond donors (Lipinski definition) is 0. The number of carbonyl (C=O) groups excluding carboxylic acids is 1. The predicted molar refractivity (Wildman–Crippen MR) is 123 cm³/mol. The molecule has 0 saturated carbocycles. The van der Waals surface area contributed by atoms with Crippen LogP contribution in [0.25, 0.3) is 6.08 Å². The first-order valence-electron chi connectivity index (χ1n) is 9.07. The minimum atomic E-state index is -0.496. The van der Waals surface area contributed by atoms with Crippen molar-refractivity contribution in [1.82, 2.24) is 0 Å². The zero-order valence-electron chi connectivity index (χ0n) is 15.9. The van der Waals surface area contributed by atoms with E-state index in [2.05, 4.69) is 15.9 Å². The summed E-state index contributed by atoms with van der Waals surface area (Å²) in [6.45, 7) is 4.97. The number of thioether (sulfide) groups is 1. The summed E-state index contributed by atoms with van der Waals surface area (Å²) in [6, 6.07) is 9.74. The summed E-state index contributed by atoms with van der Waals surface area (Å²) < 4.78 is 26.7. The van der Waals surface area contributed by atoms with Gasteiger partial charge in [0.25, 0.3) is 5.91 Å². The molecule has 1 amide bonds. The average molecular weight is 496 g/mol. The van der Waals surface area contributed by atoms with E-state index in [-0.39, 0.29) is 11.6 Å². The number of thiocarbonyl (C=S) groups is 1. The van der Waals surface area contributed by atoms with Crippen molar-refractivity contribution in [2.24, 2.45) is 0 Å². The van der Waals surface area contributed by atoms with E-state index >= 15 is 0 Å². The highest BCUT2D eigenvalue weighted by Gasteiger charge is 2.34. The molecular formula is C21H19BrFNO3S2. The molecule has 0 aliphatic carbocycles. The van der Waals surface area contributed by atoms with E-state index in [9.17, 15) is 9.18 Å². The summed E-state index contributed by atoms with van der Waals surface area (Å²) >= 11 is 9.98. The van der Waals surface area contributed by atoms with Crippen LogP contribution in [0.3, 0.4) is 0 Å². The van der Waals surface area contributed by atoms with Crippen molar-refractivity contribution in [3.05, 3.63) is 57.2 Å². The van der Waals surface area contributed by atoms with Gasteiger partial charge in [0.1, 0.15) is 5.82 Å². The summed E-state index contributed by atoms with van der Waals surface area (Å²) in [7, 11) is 0. The Kier molecular flexibility index (Phi) is 7.32. The molecule has 1 saturated heterocycles. The normalized spacial score (nSPS) is 15.3. The number of para-hydroxylation sites is 1. The number of nitrogens with zero attached hydrogens (tertiary/aromatic N) is 1. The monoisotopic (exact) mass is 495 g/mol. The average Bonchev–Trinajstić information content (AvgIpc) is 2.95. The van der Waals surface area contributed by atoms with Gasteiger partial charge in [0, 0.05) is 0 Å². The molecule has 152 valence electrons. The second-order valence-electron chi connectivity index (χ2n) is 6.08. The Hall–Kier alpha value is -1.90. The highest BCUT2D eigenvalue weighted by atomic mass is 79.9. The fourth-order valence-corrected chi connectivity index (χ4v) is 4.60. The molecule has 1 heterocycles. The van der Waals surface area contributed by atoms with Crippen LogP contribution in [0.2, 0.25) is 0 Å². The van der Waals surface area contributed by atoms with E-state index in [0.29, 0.717) is 33.9 Å². The Balaban J connectivity index is 1.95. The van der Waals surface area contributed by atoms with Gasteiger partial charge < -0.3 is 9.47 Å². The molecule has 0 unspecified atom stereocenters. The maximum absolute atomic E-state index is 14.2. The summed E-state index contributed by atoms with van der Waals surface area (Å²) in [4.78, 5) is 14.5. The van der Waals surface area contributed by atoms with Gasteiger partial charge in [-0.05, 0) is 65.2 Å². The third kappa shape index (κ3) is 4.82. The number of halogens is 2. The van der Waals surface area contributed by atoms with Gasteiger partial charge in [-0.3, -0.25) is 9.69 Å². The molecule has 0 atom stereocenters. The minimum absolute atomic E-state index is 0.151. The van der Waals surface area contributed by atoms with Crippen molar-refractivity contribution >= 4 is 61.9 Å². The predicted octanol–water partition coefficient (Wildman–Crippen LogP) is 6.18. The first kappa shape index (κ1) is 21.8. The van der Waals surface area contributed by atoms with Gasteiger partial charge >= 0.3 is 0 Å². The number of ether oxygens (including phenoxy) is 2. The van der Waals surface area contributed by atoms with Crippen LogP contribution in [0.5, 0.6) is 11.5 Å². The van der Waals surface area contributed by atoms with E-state index in [1.165, 1.54) is 17.0 Å². The van der Waals surface area contributed by atoms with Crippen molar-refractivity contribution in [3.8, 4) is 11.5 Å². The van der Waals surface area contributed by atoms with Crippen LogP contribution in [0.15, 0.2) is 45.8 Å². The third-order valence-corrected chi connectivity index (χ3v) is 5.86. The van der Waals surface area contributed by atoms with Crippen molar-refractivity contribution in [2.75, 3.05) is 18.1 Å². The van der Waals surface area contributed by atoms with Crippen LogP contribution in [0, 0.1) is 5.82 Å². The fourth-order valence-electron chi connectivity index (χ4n) is 2.74. The molecule has 0 spiro atoms. The lowest BCUT2D eigenvalue weighted by Crippen LogP contribution is -2.28. The molecule has 8 heteroatoms. The number of amides is 1. The molecular weight excluding hydrogens is 477 g/mol. The van der Waals surface area contributed by atoms with Crippen molar-refractivity contribution in [1.29, 1.82) is 0 Å². The SMILES string of the molecule is CCCOc1c(Br)cc(/C=C2/SC(=S)N(c3ccccc3F)C2=O)cc1OCC. The first-order valence-corrected chi connectivity index (χ1v) is 11.1. The van der Waals surface area contributed by atoms with Crippen LogP contribution in [-0.4, -0.2) is 23.4 Å². The summed E-state index contributed by atoms with van der Waals surface area (Å²) in [6.07, 6.45) is 2.59. The molecule has 1 aliphatic rings. The third-order valence-electron chi connectivity index (χ3n) is 3.97. The molecule has 29 heavy (non-hydrogen) atoms.